The summed E-state index contributed by atoms with van der Waals surface area (Å²) in [7, 11) is 0. The van der Waals surface area contributed by atoms with Crippen LogP contribution in [0.3, 0.4) is 0 Å². The first-order valence-electron chi connectivity index (χ1n) is 4.69. The normalized spacial score (nSPS) is 22.5. The van der Waals surface area contributed by atoms with Crippen molar-refractivity contribution >= 4 is 11.8 Å². The zero-order valence-electron chi connectivity index (χ0n) is 7.75. The van der Waals surface area contributed by atoms with Gasteiger partial charge in [-0.15, -0.1) is 0 Å². The van der Waals surface area contributed by atoms with Crippen LogP contribution in [0.2, 0.25) is 0 Å². The van der Waals surface area contributed by atoms with Crippen molar-refractivity contribution in [3.8, 4) is 0 Å². The summed E-state index contributed by atoms with van der Waals surface area (Å²) in [6.45, 7) is 2.64. The number of aliphatic hydroxyl groups excluding tert-OH is 1. The SMILES string of the molecule is CSCC(CO)C1CCNCC1. The molecule has 2 N–H and O–H groups in total. The molecule has 0 radical (unpaired) electrons. The molecule has 1 rings (SSSR count). The largest absolute Gasteiger partial charge is 0.396 e. The lowest BCUT2D eigenvalue weighted by Crippen LogP contribution is -2.33. The zero-order chi connectivity index (χ0) is 8.81. The predicted octanol–water partition coefficient (Wildman–Crippen LogP) is 0.957. The van der Waals surface area contributed by atoms with E-state index in [1.165, 1.54) is 12.8 Å². The number of nitrogens with one attached hydrogen (secondary N) is 1. The van der Waals surface area contributed by atoms with Crippen molar-refractivity contribution in [3.05, 3.63) is 0 Å². The van der Waals surface area contributed by atoms with Crippen LogP contribution in [-0.4, -0.2) is 36.8 Å². The Morgan fingerprint density at radius 2 is 2.17 bits per heavy atom. The Balaban J connectivity index is 2.29. The average Bonchev–Trinajstić information content (AvgIpc) is 2.15. The van der Waals surface area contributed by atoms with E-state index < -0.39 is 0 Å². The molecule has 0 aromatic carbocycles. The maximum Gasteiger partial charge on any atom is 0.0469 e. The van der Waals surface area contributed by atoms with E-state index in [-0.39, 0.29) is 0 Å². The molecule has 1 fully saturated rings. The van der Waals surface area contributed by atoms with E-state index in [4.69, 9.17) is 0 Å². The quantitative estimate of drug-likeness (QED) is 0.691. The molecule has 0 spiro atoms. The summed E-state index contributed by atoms with van der Waals surface area (Å²) in [5.74, 6) is 2.40. The van der Waals surface area contributed by atoms with Crippen LogP contribution in [0.25, 0.3) is 0 Å². The maximum atomic E-state index is 9.18. The lowest BCUT2D eigenvalue weighted by Gasteiger charge is -2.28. The Labute approximate surface area is 79.1 Å². The molecule has 1 heterocycles. The third-order valence-corrected chi connectivity index (χ3v) is 3.43. The summed E-state index contributed by atoms with van der Waals surface area (Å²) in [6, 6.07) is 0. The van der Waals surface area contributed by atoms with Crippen LogP contribution in [0.15, 0.2) is 0 Å². The summed E-state index contributed by atoms with van der Waals surface area (Å²) in [5.41, 5.74) is 0. The minimum absolute atomic E-state index is 0.367. The van der Waals surface area contributed by atoms with Gasteiger partial charge in [0.2, 0.25) is 0 Å². The highest BCUT2D eigenvalue weighted by atomic mass is 32.2. The zero-order valence-corrected chi connectivity index (χ0v) is 8.57. The maximum absolute atomic E-state index is 9.18. The second-order valence-electron chi connectivity index (χ2n) is 3.49. The van der Waals surface area contributed by atoms with Crippen molar-refractivity contribution in [1.29, 1.82) is 0 Å². The highest BCUT2D eigenvalue weighted by Gasteiger charge is 2.21. The minimum Gasteiger partial charge on any atom is -0.396 e. The lowest BCUT2D eigenvalue weighted by atomic mass is 9.86. The van der Waals surface area contributed by atoms with Gasteiger partial charge >= 0.3 is 0 Å². The number of hydrogen-bond donors (Lipinski definition) is 2. The topological polar surface area (TPSA) is 32.3 Å². The van der Waals surface area contributed by atoms with Crippen molar-refractivity contribution in [3.63, 3.8) is 0 Å². The fourth-order valence-electron chi connectivity index (χ4n) is 1.87. The number of hydrogen-bond acceptors (Lipinski definition) is 3. The highest BCUT2D eigenvalue weighted by Crippen LogP contribution is 2.23. The molecule has 1 atom stereocenters. The summed E-state index contributed by atoms with van der Waals surface area (Å²) < 4.78 is 0. The first-order chi connectivity index (χ1) is 5.88. The summed E-state index contributed by atoms with van der Waals surface area (Å²) in [4.78, 5) is 0. The Hall–Kier alpha value is 0.270. The Bertz CT molecular complexity index is 112. The van der Waals surface area contributed by atoms with Crippen molar-refractivity contribution in [2.45, 2.75) is 12.8 Å². The number of piperidine rings is 1. The van der Waals surface area contributed by atoms with Crippen LogP contribution >= 0.6 is 11.8 Å². The summed E-state index contributed by atoms with van der Waals surface area (Å²) in [5, 5.41) is 12.5. The molecule has 12 heavy (non-hydrogen) atoms. The van der Waals surface area contributed by atoms with E-state index in [1.807, 2.05) is 11.8 Å². The smallest absolute Gasteiger partial charge is 0.0469 e. The molecule has 1 saturated heterocycles. The van der Waals surface area contributed by atoms with Gasteiger partial charge in [0.05, 0.1) is 0 Å². The molecule has 0 saturated carbocycles. The molecule has 1 aliphatic heterocycles. The molecule has 0 aromatic heterocycles. The van der Waals surface area contributed by atoms with Crippen molar-refractivity contribution in [2.24, 2.45) is 11.8 Å². The van der Waals surface area contributed by atoms with Gasteiger partial charge in [0.25, 0.3) is 0 Å². The van der Waals surface area contributed by atoms with Crippen molar-refractivity contribution in [1.82, 2.24) is 5.32 Å². The monoisotopic (exact) mass is 189 g/mol. The second kappa shape index (κ2) is 5.84. The van der Waals surface area contributed by atoms with Gasteiger partial charge in [0.1, 0.15) is 0 Å². The van der Waals surface area contributed by atoms with Crippen LogP contribution in [-0.2, 0) is 0 Å². The standard InChI is InChI=1S/C9H19NOS/c1-12-7-9(6-11)8-2-4-10-5-3-8/h8-11H,2-7H2,1H3. The van der Waals surface area contributed by atoms with Crippen LogP contribution in [0.4, 0.5) is 0 Å². The third-order valence-electron chi connectivity index (χ3n) is 2.67. The molecule has 3 heteroatoms. The van der Waals surface area contributed by atoms with Crippen molar-refractivity contribution < 1.29 is 5.11 Å². The van der Waals surface area contributed by atoms with Crippen LogP contribution in [0, 0.1) is 11.8 Å². The van der Waals surface area contributed by atoms with E-state index in [0.29, 0.717) is 12.5 Å². The van der Waals surface area contributed by atoms with Gasteiger partial charge in [-0.25, -0.2) is 0 Å². The Morgan fingerprint density at radius 1 is 1.50 bits per heavy atom. The highest BCUT2D eigenvalue weighted by molar-refractivity contribution is 7.98. The fourth-order valence-corrected chi connectivity index (χ4v) is 2.67. The predicted molar refractivity (Wildman–Crippen MR) is 54.6 cm³/mol. The van der Waals surface area contributed by atoms with Gasteiger partial charge < -0.3 is 10.4 Å². The van der Waals surface area contributed by atoms with E-state index >= 15 is 0 Å². The third kappa shape index (κ3) is 2.96. The molecule has 0 aliphatic carbocycles. The molecular weight excluding hydrogens is 170 g/mol. The number of rotatable bonds is 4. The van der Waals surface area contributed by atoms with Crippen LogP contribution in [0.5, 0.6) is 0 Å². The van der Waals surface area contributed by atoms with Gasteiger partial charge in [-0.2, -0.15) is 11.8 Å². The van der Waals surface area contributed by atoms with Crippen LogP contribution in [0.1, 0.15) is 12.8 Å². The van der Waals surface area contributed by atoms with Gasteiger partial charge in [-0.3, -0.25) is 0 Å². The van der Waals surface area contributed by atoms with Crippen molar-refractivity contribution in [2.75, 3.05) is 31.7 Å². The van der Waals surface area contributed by atoms with Crippen LogP contribution < -0.4 is 5.32 Å². The molecule has 0 amide bonds. The molecule has 72 valence electrons. The van der Waals surface area contributed by atoms with Gasteiger partial charge in [0, 0.05) is 6.61 Å². The number of thioether (sulfide) groups is 1. The van der Waals surface area contributed by atoms with E-state index in [2.05, 4.69) is 11.6 Å². The van der Waals surface area contributed by atoms with E-state index in [1.54, 1.807) is 0 Å². The van der Waals surface area contributed by atoms with Gasteiger partial charge in [-0.1, -0.05) is 0 Å². The second-order valence-corrected chi connectivity index (χ2v) is 4.40. The number of aliphatic hydroxyl groups is 1. The molecule has 1 unspecified atom stereocenters. The molecule has 0 aromatic rings. The lowest BCUT2D eigenvalue weighted by molar-refractivity contribution is 0.168. The van der Waals surface area contributed by atoms with E-state index in [0.717, 1.165) is 24.8 Å². The molecular formula is C9H19NOS. The molecule has 0 bridgehead atoms. The summed E-state index contributed by atoms with van der Waals surface area (Å²) in [6.07, 6.45) is 4.60. The van der Waals surface area contributed by atoms with Gasteiger partial charge in [-0.05, 0) is 49.8 Å². The Morgan fingerprint density at radius 3 is 2.67 bits per heavy atom. The average molecular weight is 189 g/mol. The first-order valence-corrected chi connectivity index (χ1v) is 6.08. The Kier molecular flexibility index (Phi) is 5.04. The first kappa shape index (κ1) is 10.4. The van der Waals surface area contributed by atoms with E-state index in [9.17, 15) is 5.11 Å². The fraction of sp³-hybridized carbons (Fsp3) is 1.00. The molecule has 1 aliphatic rings. The van der Waals surface area contributed by atoms with Gasteiger partial charge in [0.15, 0.2) is 0 Å². The molecule has 2 nitrogen and oxygen atoms in total. The minimum atomic E-state index is 0.367. The summed E-state index contributed by atoms with van der Waals surface area (Å²) >= 11 is 1.85.